The third-order valence-electron chi connectivity index (χ3n) is 7.28. The number of nitrogens with one attached hydrogen (secondary N) is 1. The lowest BCUT2D eigenvalue weighted by Crippen LogP contribution is -2.23. The van der Waals surface area contributed by atoms with Crippen molar-refractivity contribution in [2.45, 2.75) is 38.1 Å². The van der Waals surface area contributed by atoms with Gasteiger partial charge in [0, 0.05) is 54.8 Å². The lowest BCUT2D eigenvalue weighted by molar-refractivity contribution is 0.321. The summed E-state index contributed by atoms with van der Waals surface area (Å²) in [6.07, 6.45) is 15.9. The van der Waals surface area contributed by atoms with Gasteiger partial charge in [-0.05, 0) is 71.7 Å². The van der Waals surface area contributed by atoms with Gasteiger partial charge in [-0.15, -0.1) is 0 Å². The van der Waals surface area contributed by atoms with E-state index in [-0.39, 0.29) is 6.04 Å². The second kappa shape index (κ2) is 8.90. The number of hydrogen-bond acceptors (Lipinski definition) is 4. The predicted octanol–water partition coefficient (Wildman–Crippen LogP) is 6.92. The molecule has 0 bridgehead atoms. The first-order chi connectivity index (χ1) is 16.8. The van der Waals surface area contributed by atoms with Crippen molar-refractivity contribution in [2.24, 2.45) is 13.0 Å². The zero-order valence-electron chi connectivity index (χ0n) is 19.5. The molecule has 1 fully saturated rings. The van der Waals surface area contributed by atoms with Crippen LogP contribution in [0, 0.1) is 5.92 Å². The topological polar surface area (TPSA) is 55.6 Å². The van der Waals surface area contributed by atoms with E-state index in [1.54, 1.807) is 12.4 Å². The molecule has 1 N–H and O–H groups in total. The summed E-state index contributed by atoms with van der Waals surface area (Å²) in [4.78, 5) is 13.6. The second-order valence-corrected chi connectivity index (χ2v) is 9.45. The van der Waals surface area contributed by atoms with E-state index in [0.29, 0.717) is 5.92 Å². The molecular weight excluding hydrogens is 418 g/mol. The van der Waals surface area contributed by atoms with Crippen LogP contribution in [0.25, 0.3) is 33.1 Å². The van der Waals surface area contributed by atoms with E-state index in [9.17, 15) is 0 Å². The Bertz CT molecular complexity index is 1430. The number of nitrogens with zero attached hydrogens (tertiary/aromatic N) is 4. The maximum absolute atomic E-state index is 4.71. The van der Waals surface area contributed by atoms with E-state index >= 15 is 0 Å². The predicted molar refractivity (Wildman–Crippen MR) is 139 cm³/mol. The molecule has 170 valence electrons. The van der Waals surface area contributed by atoms with Crippen molar-refractivity contribution in [3.63, 3.8) is 0 Å². The van der Waals surface area contributed by atoms with Crippen molar-refractivity contribution < 1.29 is 0 Å². The highest BCUT2D eigenvalue weighted by Gasteiger charge is 2.25. The number of rotatable bonds is 5. The fourth-order valence-electron chi connectivity index (χ4n) is 5.50. The van der Waals surface area contributed by atoms with Crippen molar-refractivity contribution in [3.8, 4) is 11.1 Å². The number of anilines is 1. The molecule has 2 aromatic carbocycles. The fraction of sp³-hybridized carbons (Fsp3) is 0.276. The van der Waals surface area contributed by atoms with Gasteiger partial charge in [0.05, 0.1) is 17.1 Å². The molecule has 5 heteroatoms. The molecule has 1 atom stereocenters. The second-order valence-electron chi connectivity index (χ2n) is 9.45. The summed E-state index contributed by atoms with van der Waals surface area (Å²) in [5.74, 6) is 0.608. The summed E-state index contributed by atoms with van der Waals surface area (Å²) < 4.78 is 2.16. The Kier molecular flexibility index (Phi) is 5.46. The van der Waals surface area contributed by atoms with Gasteiger partial charge in [-0.25, -0.2) is 0 Å². The Morgan fingerprint density at radius 2 is 1.71 bits per heavy atom. The highest BCUT2D eigenvalue weighted by molar-refractivity contribution is 5.97. The third-order valence-corrected chi connectivity index (χ3v) is 7.28. The Morgan fingerprint density at radius 3 is 2.56 bits per heavy atom. The van der Waals surface area contributed by atoms with Gasteiger partial charge in [0.1, 0.15) is 0 Å². The molecule has 1 aliphatic carbocycles. The summed E-state index contributed by atoms with van der Waals surface area (Å²) in [7, 11) is 2.09. The smallest absolute Gasteiger partial charge is 0.0966 e. The number of benzene rings is 2. The number of aromatic nitrogens is 4. The van der Waals surface area contributed by atoms with E-state index in [1.165, 1.54) is 48.6 Å². The van der Waals surface area contributed by atoms with Crippen LogP contribution >= 0.6 is 0 Å². The van der Waals surface area contributed by atoms with Crippen molar-refractivity contribution in [1.29, 1.82) is 0 Å². The Hall–Kier alpha value is -3.73. The van der Waals surface area contributed by atoms with Gasteiger partial charge in [0.15, 0.2) is 0 Å². The molecule has 5 aromatic rings. The van der Waals surface area contributed by atoms with E-state index < -0.39 is 0 Å². The van der Waals surface area contributed by atoms with Gasteiger partial charge < -0.3 is 9.88 Å². The molecule has 1 aliphatic rings. The van der Waals surface area contributed by atoms with Gasteiger partial charge in [-0.1, -0.05) is 31.4 Å². The first-order valence-electron chi connectivity index (χ1n) is 12.2. The SMILES string of the molecule is Cn1ccc2ccc(-c3cc(NC(c4ccncc4)C4CCCCC4)cc4nccnc34)cc21. The molecule has 1 saturated carbocycles. The van der Waals surface area contributed by atoms with Gasteiger partial charge in [-0.2, -0.15) is 0 Å². The fourth-order valence-corrected chi connectivity index (χ4v) is 5.50. The van der Waals surface area contributed by atoms with Gasteiger partial charge >= 0.3 is 0 Å². The van der Waals surface area contributed by atoms with Crippen molar-refractivity contribution in [1.82, 2.24) is 19.5 Å². The Balaban J connectivity index is 1.45. The van der Waals surface area contributed by atoms with Crippen LogP contribution in [-0.2, 0) is 7.05 Å². The number of aryl methyl sites for hydroxylation is 1. The van der Waals surface area contributed by atoms with E-state index in [1.807, 2.05) is 12.4 Å². The Labute approximate surface area is 199 Å². The molecule has 3 heterocycles. The van der Waals surface area contributed by atoms with Gasteiger partial charge in [0.25, 0.3) is 0 Å². The van der Waals surface area contributed by atoms with Gasteiger partial charge in [0.2, 0.25) is 0 Å². The minimum atomic E-state index is 0.251. The highest BCUT2D eigenvalue weighted by atomic mass is 14.9. The van der Waals surface area contributed by atoms with Crippen LogP contribution in [0.3, 0.4) is 0 Å². The quantitative estimate of drug-likeness (QED) is 0.318. The largest absolute Gasteiger partial charge is 0.378 e. The van der Waals surface area contributed by atoms with Crippen LogP contribution in [0.4, 0.5) is 5.69 Å². The lowest BCUT2D eigenvalue weighted by Gasteiger charge is -2.32. The summed E-state index contributed by atoms with van der Waals surface area (Å²) >= 11 is 0. The average Bonchev–Trinajstić information content (AvgIpc) is 3.27. The summed E-state index contributed by atoms with van der Waals surface area (Å²) in [5.41, 5.74) is 7.70. The van der Waals surface area contributed by atoms with Crippen molar-refractivity contribution in [3.05, 3.63) is 85.1 Å². The van der Waals surface area contributed by atoms with Crippen molar-refractivity contribution >= 4 is 27.6 Å². The summed E-state index contributed by atoms with van der Waals surface area (Å²) in [6.45, 7) is 0. The minimum absolute atomic E-state index is 0.251. The minimum Gasteiger partial charge on any atom is -0.378 e. The number of fused-ring (bicyclic) bond motifs is 2. The first kappa shape index (κ1) is 20.8. The third kappa shape index (κ3) is 3.92. The molecule has 6 rings (SSSR count). The molecule has 0 spiro atoms. The van der Waals surface area contributed by atoms with Crippen LogP contribution < -0.4 is 5.32 Å². The Morgan fingerprint density at radius 1 is 0.882 bits per heavy atom. The zero-order chi connectivity index (χ0) is 22.9. The molecule has 0 aliphatic heterocycles. The number of pyridine rings is 1. The lowest BCUT2D eigenvalue weighted by atomic mass is 9.81. The normalized spacial score (nSPS) is 15.6. The maximum Gasteiger partial charge on any atom is 0.0966 e. The van der Waals surface area contributed by atoms with E-state index in [2.05, 4.69) is 81.6 Å². The van der Waals surface area contributed by atoms with Crippen LogP contribution in [-0.4, -0.2) is 19.5 Å². The highest BCUT2D eigenvalue weighted by Crippen LogP contribution is 2.38. The van der Waals surface area contributed by atoms with E-state index in [4.69, 9.17) is 4.98 Å². The zero-order valence-corrected chi connectivity index (χ0v) is 19.5. The summed E-state index contributed by atoms with van der Waals surface area (Å²) in [6, 6.07) is 17.7. The molecule has 1 unspecified atom stereocenters. The first-order valence-corrected chi connectivity index (χ1v) is 12.2. The molecular formula is C29H29N5. The maximum atomic E-state index is 4.71. The molecule has 34 heavy (non-hydrogen) atoms. The standard InChI is InChI=1S/C29H29N5/c1-34-16-11-20-7-8-23(17-27(20)34)25-18-24(19-26-29(25)32-15-14-31-26)33-28(21-5-3-2-4-6-21)22-9-12-30-13-10-22/h7-19,21,28,33H,2-6H2,1H3. The number of hydrogen-bond donors (Lipinski definition) is 1. The molecule has 5 nitrogen and oxygen atoms in total. The van der Waals surface area contributed by atoms with Gasteiger partial charge in [-0.3, -0.25) is 15.0 Å². The van der Waals surface area contributed by atoms with E-state index in [0.717, 1.165) is 27.8 Å². The molecule has 3 aromatic heterocycles. The molecule has 0 radical (unpaired) electrons. The van der Waals surface area contributed by atoms with Crippen LogP contribution in [0.5, 0.6) is 0 Å². The van der Waals surface area contributed by atoms with Crippen LogP contribution in [0.15, 0.2) is 79.5 Å². The van der Waals surface area contributed by atoms with Crippen LogP contribution in [0.1, 0.15) is 43.7 Å². The molecule has 0 saturated heterocycles. The van der Waals surface area contributed by atoms with Crippen molar-refractivity contribution in [2.75, 3.05) is 5.32 Å². The molecule has 0 amide bonds. The average molecular weight is 448 g/mol. The van der Waals surface area contributed by atoms with Crippen LogP contribution in [0.2, 0.25) is 0 Å². The monoisotopic (exact) mass is 447 g/mol. The summed E-state index contributed by atoms with van der Waals surface area (Å²) in [5, 5.41) is 5.15.